The van der Waals surface area contributed by atoms with Crippen molar-refractivity contribution in [2.24, 2.45) is 23.2 Å². The van der Waals surface area contributed by atoms with E-state index in [1.807, 2.05) is 29.2 Å². The van der Waals surface area contributed by atoms with E-state index in [1.165, 1.54) is 24.1 Å². The number of halogens is 1. The quantitative estimate of drug-likeness (QED) is 0.486. The predicted molar refractivity (Wildman–Crippen MR) is 131 cm³/mol. The van der Waals surface area contributed by atoms with Crippen LogP contribution in [0.3, 0.4) is 0 Å². The van der Waals surface area contributed by atoms with Crippen molar-refractivity contribution < 1.29 is 20.4 Å². The van der Waals surface area contributed by atoms with Gasteiger partial charge in [-0.1, -0.05) is 29.8 Å². The van der Waals surface area contributed by atoms with Crippen LogP contribution in [0.1, 0.15) is 61.9 Å². The van der Waals surface area contributed by atoms with Crippen LogP contribution in [0.25, 0.3) is 0 Å². The highest BCUT2D eigenvalue weighted by molar-refractivity contribution is 7.14. The molecule has 4 aliphatic carbocycles. The minimum atomic E-state index is -0.680. The van der Waals surface area contributed by atoms with E-state index in [0.717, 1.165) is 31.2 Å². The highest BCUT2D eigenvalue weighted by atomic mass is 35.5. The summed E-state index contributed by atoms with van der Waals surface area (Å²) in [6.45, 7) is 1.18. The number of fused-ring (bicyclic) bond motifs is 1. The number of carbonyl (C=O) groups excluding carboxylic acids is 2. The Kier molecular flexibility index (Phi) is 5.44. The number of ether oxygens (including phenoxy) is 2. The average Bonchev–Trinajstić information content (AvgIpc) is 3.21. The Morgan fingerprint density at radius 2 is 1.88 bits per heavy atom. The second kappa shape index (κ2) is 8.65. The van der Waals surface area contributed by atoms with Crippen molar-refractivity contribution in [2.45, 2.75) is 57.5 Å². The summed E-state index contributed by atoms with van der Waals surface area (Å²) in [5.41, 5.74) is 1.48. The van der Waals surface area contributed by atoms with Gasteiger partial charge in [-0.3, -0.25) is 9.69 Å². The lowest BCUT2D eigenvalue weighted by Crippen LogP contribution is -2.51. The summed E-state index contributed by atoms with van der Waals surface area (Å²) in [6.07, 6.45) is 7.63. The summed E-state index contributed by atoms with van der Waals surface area (Å²) in [5, 5.41) is 1.17. The van der Waals surface area contributed by atoms with E-state index in [2.05, 4.69) is 0 Å². The number of hydrogen-bond acceptors (Lipinski definition) is 6. The van der Waals surface area contributed by atoms with E-state index in [9.17, 15) is 9.59 Å². The van der Waals surface area contributed by atoms with Gasteiger partial charge in [0, 0.05) is 23.0 Å². The van der Waals surface area contributed by atoms with Gasteiger partial charge >= 0.3 is 11.9 Å². The van der Waals surface area contributed by atoms with E-state index in [0.29, 0.717) is 46.5 Å². The van der Waals surface area contributed by atoms with Crippen LogP contribution in [-0.4, -0.2) is 30.5 Å². The second-order valence-electron chi connectivity index (χ2n) is 10.7. The lowest BCUT2D eigenvalue weighted by molar-refractivity contribution is -0.161. The number of benzene rings is 1. The molecule has 1 aliphatic heterocycles. The number of carbonyl (C=O) groups is 2. The monoisotopic (exact) mass is 500 g/mol. The second-order valence-corrected chi connectivity index (χ2v) is 12.2. The summed E-state index contributed by atoms with van der Waals surface area (Å²) in [4.78, 5) is 29.5. The van der Waals surface area contributed by atoms with Crippen molar-refractivity contribution >= 4 is 34.9 Å². The number of methoxy groups -OCH3 is 1. The van der Waals surface area contributed by atoms with Crippen LogP contribution in [0.4, 0.5) is 0 Å². The normalized spacial score (nSPS) is 31.0. The van der Waals surface area contributed by atoms with Gasteiger partial charge in [-0.25, -0.2) is 4.79 Å². The Labute approximate surface area is 210 Å². The third kappa shape index (κ3) is 3.88. The van der Waals surface area contributed by atoms with Crippen LogP contribution in [0.5, 0.6) is 5.06 Å². The van der Waals surface area contributed by atoms with Crippen molar-refractivity contribution in [3.05, 3.63) is 51.4 Å². The molecule has 0 N–H and O–H groups in total. The van der Waals surface area contributed by atoms with Crippen LogP contribution >= 0.6 is 22.9 Å². The molecule has 34 heavy (non-hydrogen) atoms. The summed E-state index contributed by atoms with van der Waals surface area (Å²) in [6, 6.07) is 8.57. The molecule has 4 bridgehead atoms. The molecule has 2 aromatic rings. The van der Waals surface area contributed by atoms with Crippen molar-refractivity contribution in [1.29, 1.82) is 0 Å². The molecule has 0 unspecified atom stereocenters. The van der Waals surface area contributed by atoms with Gasteiger partial charge in [0.05, 0.1) is 13.9 Å². The van der Waals surface area contributed by atoms with Crippen molar-refractivity contribution in [3.63, 3.8) is 0 Å². The van der Waals surface area contributed by atoms with Gasteiger partial charge in [0.15, 0.2) is 5.06 Å². The molecule has 7 heteroatoms. The number of esters is 2. The molecule has 0 saturated heterocycles. The molecule has 0 spiro atoms. The van der Waals surface area contributed by atoms with Crippen molar-refractivity contribution in [3.8, 4) is 5.06 Å². The topological polar surface area (TPSA) is 55.8 Å². The fourth-order valence-electron chi connectivity index (χ4n) is 7.41. The highest BCUT2D eigenvalue weighted by Crippen LogP contribution is 2.60. The summed E-state index contributed by atoms with van der Waals surface area (Å²) >= 11 is 7.99. The van der Waals surface area contributed by atoms with E-state index in [1.54, 1.807) is 17.4 Å². The van der Waals surface area contributed by atoms with Crippen LogP contribution in [-0.2, 0) is 27.3 Å². The molecule has 2 heterocycles. The van der Waals surface area contributed by atoms with E-state index >= 15 is 0 Å². The number of thiophene rings is 1. The zero-order chi connectivity index (χ0) is 24.2. The maximum absolute atomic E-state index is 13.4. The first-order valence-electron chi connectivity index (χ1n) is 12.9. The van der Waals surface area contributed by atoms with E-state index in [4.69, 9.17) is 22.4 Å². The van der Waals surface area contributed by atoms with Gasteiger partial charge in [0.1, 0.15) is 6.04 Å². The summed E-state index contributed by atoms with van der Waals surface area (Å²) in [7, 11) is -0.429. The van der Waals surface area contributed by atoms with Crippen molar-refractivity contribution in [1.82, 2.24) is 4.90 Å². The van der Waals surface area contributed by atoms with E-state index in [-0.39, 0.29) is 11.4 Å². The maximum Gasteiger partial charge on any atom is 0.327 e. The average molecular weight is 501 g/mol. The molecule has 1 aromatic heterocycles. The lowest BCUT2D eigenvalue weighted by atomic mass is 9.49. The molecular formula is C27H30ClNO4S. The molecule has 5 nitrogen and oxygen atoms in total. The molecule has 0 amide bonds. The molecule has 4 fully saturated rings. The molecule has 4 saturated carbocycles. The zero-order valence-corrected chi connectivity index (χ0v) is 20.7. The van der Waals surface area contributed by atoms with Gasteiger partial charge in [0.25, 0.3) is 0 Å². The number of rotatable bonds is 5. The molecule has 5 aliphatic rings. The van der Waals surface area contributed by atoms with Crippen LogP contribution in [0.2, 0.25) is 5.02 Å². The Morgan fingerprint density at radius 3 is 2.56 bits per heavy atom. The third-order valence-corrected chi connectivity index (χ3v) is 9.93. The van der Waals surface area contributed by atoms with Crippen molar-refractivity contribution in [2.75, 3.05) is 13.6 Å². The SMILES string of the molecule is [2H]COC(=O)[C@H](c1ccccc1Cl)N1CCc2sc(OC(=O)C34CC5CC(CC(C5)C3)C4)cc2C1. The largest absolute Gasteiger partial charge is 0.468 e. The number of hydrogen-bond donors (Lipinski definition) is 0. The Morgan fingerprint density at radius 1 is 1.18 bits per heavy atom. The predicted octanol–water partition coefficient (Wildman–Crippen LogP) is 5.80. The number of nitrogens with zero attached hydrogens (tertiary/aromatic N) is 1. The molecule has 180 valence electrons. The van der Waals surface area contributed by atoms with E-state index < -0.39 is 19.1 Å². The summed E-state index contributed by atoms with van der Waals surface area (Å²) < 4.78 is 18.5. The van der Waals surface area contributed by atoms with Gasteiger partial charge in [-0.05, 0) is 86.0 Å². The Bertz CT molecular complexity index is 1110. The van der Waals surface area contributed by atoms with Gasteiger partial charge in [0.2, 0.25) is 0 Å². The minimum Gasteiger partial charge on any atom is -0.468 e. The summed E-state index contributed by atoms with van der Waals surface area (Å²) in [5.74, 6) is 1.60. The molecule has 7 rings (SSSR count). The van der Waals surface area contributed by atoms with Gasteiger partial charge in [-0.15, -0.1) is 11.3 Å². The van der Waals surface area contributed by atoms with Crippen LogP contribution in [0.15, 0.2) is 30.3 Å². The highest BCUT2D eigenvalue weighted by Gasteiger charge is 2.55. The molecule has 0 radical (unpaired) electrons. The Hall–Kier alpha value is -1.89. The first kappa shape index (κ1) is 21.4. The maximum atomic E-state index is 13.4. The fraction of sp³-hybridized carbons (Fsp3) is 0.556. The molecule has 1 aromatic carbocycles. The first-order valence-corrected chi connectivity index (χ1v) is 13.4. The fourth-order valence-corrected chi connectivity index (χ4v) is 8.66. The Balaban J connectivity index is 1.20. The molecular weight excluding hydrogens is 470 g/mol. The van der Waals surface area contributed by atoms with Crippen LogP contribution in [0, 0.1) is 23.2 Å². The zero-order valence-electron chi connectivity index (χ0n) is 20.1. The smallest absolute Gasteiger partial charge is 0.327 e. The molecule has 1 atom stereocenters. The third-order valence-electron chi connectivity index (χ3n) is 8.47. The minimum absolute atomic E-state index is 0.0278. The first-order chi connectivity index (χ1) is 16.9. The van der Waals surface area contributed by atoms with Crippen LogP contribution < -0.4 is 4.74 Å². The standard InChI is InChI=1S/C27H30ClNO4S/c1-32-25(30)24(20-4-2-3-5-21(20)28)29-7-6-22-19(15-29)11-23(34-22)33-26(31)27-12-16-8-17(13-27)10-18(9-16)14-27/h2-5,11,16-18,24H,6-10,12-15H2,1H3/t16?,17?,18?,24-,27?/m0/s1/i1D. The lowest BCUT2D eigenvalue weighted by Gasteiger charge is -2.55. The van der Waals surface area contributed by atoms with Gasteiger partial charge in [-0.2, -0.15) is 0 Å². The van der Waals surface area contributed by atoms with Gasteiger partial charge < -0.3 is 9.47 Å².